The summed E-state index contributed by atoms with van der Waals surface area (Å²) in [5.41, 5.74) is -4.92. The minimum atomic E-state index is -2.34. The third-order valence-corrected chi connectivity index (χ3v) is 14.2. The van der Waals surface area contributed by atoms with E-state index in [1.54, 1.807) is 41.5 Å². The monoisotopic (exact) mass is 921 g/mol. The number of carbonyl (C=O) groups excluding carboxylic acids is 3. The lowest BCUT2D eigenvalue weighted by Gasteiger charge is -2.50. The normalized spacial score (nSPS) is 48.1. The Bertz CT molecular complexity index is 1620. The SMILES string of the molecule is CCC1OC(=O)C(C)C(OC2CC(C)(OC)C(O)C(C)O2)C(C)C(OC2OC(C)CC(N(C)C)C2O)C(C)(OC)CC(C)C(=O)C(C)C(=O)C1(C)OC1OC(C(=O)O)C(O)C(O)C1O. The van der Waals surface area contributed by atoms with Crippen molar-refractivity contribution in [2.45, 2.75) is 204 Å². The zero-order chi connectivity index (χ0) is 48.5. The van der Waals surface area contributed by atoms with E-state index < -0.39 is 144 Å². The van der Waals surface area contributed by atoms with Gasteiger partial charge in [0.15, 0.2) is 36.4 Å². The Balaban J connectivity index is 1.90. The Morgan fingerprint density at radius 3 is 1.95 bits per heavy atom. The van der Waals surface area contributed by atoms with Crippen LogP contribution < -0.4 is 0 Å². The number of hydrogen-bond donors (Lipinski definition) is 6. The molecule has 0 aromatic heterocycles. The molecule has 4 heterocycles. The van der Waals surface area contributed by atoms with E-state index >= 15 is 0 Å². The number of carbonyl (C=O) groups is 4. The summed E-state index contributed by atoms with van der Waals surface area (Å²) in [6.45, 7) is 15.9. The first kappa shape index (κ1) is 54.3. The molecule has 20 heteroatoms. The standard InChI is InChI=1S/C44H75NO19/c1-15-26-44(10,64-41-32(50)30(48)31(49)34(62-41)38(53)54)35(51)21(4)28(46)19(2)17-43(9,57-14)37(63-40-29(47)25(45(11)12)16-20(3)58-40)22(5)33(23(6)39(55)60-26)61-27-18-42(8,56-13)36(52)24(7)59-27/h19-27,29-34,36-37,40-41,47-50,52H,15-18H2,1-14H3,(H,53,54). The van der Waals surface area contributed by atoms with Crippen molar-refractivity contribution in [1.82, 2.24) is 4.90 Å². The van der Waals surface area contributed by atoms with Gasteiger partial charge < -0.3 is 78.2 Å². The number of aliphatic hydroxyl groups is 5. The summed E-state index contributed by atoms with van der Waals surface area (Å²) < 4.78 is 55.8. The van der Waals surface area contributed by atoms with Crippen LogP contribution in [0, 0.1) is 23.7 Å². The van der Waals surface area contributed by atoms with Gasteiger partial charge in [0.2, 0.25) is 0 Å². The Morgan fingerprint density at radius 2 is 1.41 bits per heavy atom. The molecule has 0 radical (unpaired) electrons. The van der Waals surface area contributed by atoms with Crippen LogP contribution >= 0.6 is 0 Å². The number of ether oxygens (including phenoxy) is 9. The van der Waals surface area contributed by atoms with Crippen molar-refractivity contribution in [3.05, 3.63) is 0 Å². The highest BCUT2D eigenvalue weighted by Crippen LogP contribution is 2.42. The van der Waals surface area contributed by atoms with Gasteiger partial charge in [-0.1, -0.05) is 20.8 Å². The number of rotatable bonds is 11. The van der Waals surface area contributed by atoms with Crippen LogP contribution in [0.2, 0.25) is 0 Å². The summed E-state index contributed by atoms with van der Waals surface area (Å²) in [5.74, 6) is -8.67. The fraction of sp³-hybridized carbons (Fsp3) is 0.909. The number of likely N-dealkylation sites (N-methyl/N-ethyl adjacent to an activating group) is 1. The predicted molar refractivity (Wildman–Crippen MR) is 223 cm³/mol. The van der Waals surface area contributed by atoms with Crippen LogP contribution in [0.4, 0.5) is 0 Å². The maximum absolute atomic E-state index is 14.8. The first-order chi connectivity index (χ1) is 29.6. The number of Topliss-reactive ketones (excluding diaryl/α,β-unsaturated/α-hetero) is 2. The van der Waals surface area contributed by atoms with Crippen molar-refractivity contribution in [1.29, 1.82) is 0 Å². The second kappa shape index (κ2) is 21.3. The number of nitrogens with zero attached hydrogens (tertiary/aromatic N) is 1. The van der Waals surface area contributed by atoms with Gasteiger partial charge in [-0.05, 0) is 81.8 Å². The smallest absolute Gasteiger partial charge is 0.335 e. The molecule has 0 aliphatic carbocycles. The van der Waals surface area contributed by atoms with E-state index in [4.69, 9.17) is 42.6 Å². The van der Waals surface area contributed by atoms with Crippen molar-refractivity contribution < 1.29 is 92.4 Å². The highest BCUT2D eigenvalue weighted by atomic mass is 16.7. The van der Waals surface area contributed by atoms with Gasteiger partial charge in [0.25, 0.3) is 0 Å². The number of ketones is 2. The van der Waals surface area contributed by atoms with Gasteiger partial charge in [-0.15, -0.1) is 0 Å². The third-order valence-electron chi connectivity index (χ3n) is 14.2. The molecule has 4 aliphatic rings. The largest absolute Gasteiger partial charge is 0.479 e. The number of carboxylic acids is 1. The van der Waals surface area contributed by atoms with E-state index in [0.717, 1.165) is 0 Å². The number of aliphatic carboxylic acids is 1. The molecule has 4 fully saturated rings. The van der Waals surface area contributed by atoms with Crippen LogP contribution in [0.1, 0.15) is 94.9 Å². The molecule has 4 saturated heterocycles. The van der Waals surface area contributed by atoms with Crippen LogP contribution in [0.15, 0.2) is 0 Å². The molecule has 370 valence electrons. The number of methoxy groups -OCH3 is 2. The molecule has 22 atom stereocenters. The third kappa shape index (κ3) is 11.0. The molecule has 64 heavy (non-hydrogen) atoms. The lowest BCUT2D eigenvalue weighted by molar-refractivity contribution is -0.324. The Labute approximate surface area is 376 Å². The molecule has 4 rings (SSSR count). The van der Waals surface area contributed by atoms with Crippen molar-refractivity contribution >= 4 is 23.5 Å². The number of carboxylic acid groups (broad SMARTS) is 1. The summed E-state index contributed by atoms with van der Waals surface area (Å²) in [6.07, 6.45) is -19.6. The highest BCUT2D eigenvalue weighted by Gasteiger charge is 2.57. The van der Waals surface area contributed by atoms with Gasteiger partial charge in [-0.25, -0.2) is 4.79 Å². The minimum absolute atomic E-state index is 0.0164. The van der Waals surface area contributed by atoms with Gasteiger partial charge in [0.1, 0.15) is 42.4 Å². The van der Waals surface area contributed by atoms with Crippen LogP contribution in [-0.2, 0) is 61.8 Å². The summed E-state index contributed by atoms with van der Waals surface area (Å²) in [6, 6.07) is -0.370. The molecule has 0 amide bonds. The van der Waals surface area contributed by atoms with Gasteiger partial charge in [-0.2, -0.15) is 0 Å². The molecule has 22 unspecified atom stereocenters. The van der Waals surface area contributed by atoms with Crippen LogP contribution in [0.3, 0.4) is 0 Å². The number of cyclic esters (lactones) is 1. The quantitative estimate of drug-likeness (QED) is 0.122. The average Bonchev–Trinajstić information content (AvgIpc) is 3.24. The topological polar surface area (TPSA) is 276 Å². The van der Waals surface area contributed by atoms with Gasteiger partial charge in [0.05, 0.1) is 47.5 Å². The van der Waals surface area contributed by atoms with E-state index in [0.29, 0.717) is 6.42 Å². The van der Waals surface area contributed by atoms with Crippen molar-refractivity contribution in [3.8, 4) is 0 Å². The van der Waals surface area contributed by atoms with Crippen molar-refractivity contribution in [3.63, 3.8) is 0 Å². The molecular weight excluding hydrogens is 846 g/mol. The molecule has 20 nitrogen and oxygen atoms in total. The van der Waals surface area contributed by atoms with Crippen LogP contribution in [-0.4, -0.2) is 196 Å². The first-order valence-corrected chi connectivity index (χ1v) is 22.3. The molecular formula is C44H75NO19. The molecule has 0 aromatic rings. The Kier molecular flexibility index (Phi) is 18.1. The zero-order valence-corrected chi connectivity index (χ0v) is 39.7. The fourth-order valence-electron chi connectivity index (χ4n) is 9.92. The molecule has 4 aliphatic heterocycles. The molecule has 6 N–H and O–H groups in total. The van der Waals surface area contributed by atoms with Crippen molar-refractivity contribution in [2.24, 2.45) is 23.7 Å². The lowest BCUT2D eigenvalue weighted by Crippen LogP contribution is -2.65. The average molecular weight is 922 g/mol. The van der Waals surface area contributed by atoms with E-state index in [2.05, 4.69) is 0 Å². The minimum Gasteiger partial charge on any atom is -0.479 e. The second-order valence-corrected chi connectivity index (χ2v) is 19.2. The van der Waals surface area contributed by atoms with E-state index in [1.807, 2.05) is 25.9 Å². The first-order valence-electron chi connectivity index (χ1n) is 22.3. The van der Waals surface area contributed by atoms with E-state index in [-0.39, 0.29) is 31.4 Å². The van der Waals surface area contributed by atoms with Gasteiger partial charge in [-0.3, -0.25) is 14.4 Å². The lowest BCUT2D eigenvalue weighted by atomic mass is 9.74. The van der Waals surface area contributed by atoms with Crippen LogP contribution in [0.5, 0.6) is 0 Å². The second-order valence-electron chi connectivity index (χ2n) is 19.2. The summed E-state index contributed by atoms with van der Waals surface area (Å²) in [7, 11) is 6.54. The Hall–Kier alpha value is -2.28. The zero-order valence-electron chi connectivity index (χ0n) is 39.7. The molecule has 0 bridgehead atoms. The van der Waals surface area contributed by atoms with Crippen molar-refractivity contribution in [2.75, 3.05) is 28.3 Å². The maximum atomic E-state index is 14.8. The number of hydrogen-bond acceptors (Lipinski definition) is 19. The highest BCUT2D eigenvalue weighted by molar-refractivity contribution is 6.06. The fourth-order valence-corrected chi connectivity index (χ4v) is 9.92. The van der Waals surface area contributed by atoms with Crippen LogP contribution in [0.25, 0.3) is 0 Å². The summed E-state index contributed by atoms with van der Waals surface area (Å²) >= 11 is 0. The molecule has 0 saturated carbocycles. The van der Waals surface area contributed by atoms with E-state index in [9.17, 15) is 49.8 Å². The maximum Gasteiger partial charge on any atom is 0.335 e. The summed E-state index contributed by atoms with van der Waals surface area (Å²) in [4.78, 5) is 58.0. The van der Waals surface area contributed by atoms with E-state index in [1.165, 1.54) is 35.0 Å². The van der Waals surface area contributed by atoms with Gasteiger partial charge >= 0.3 is 11.9 Å². The Morgan fingerprint density at radius 1 is 0.797 bits per heavy atom. The number of aliphatic hydroxyl groups excluding tert-OH is 5. The molecule has 0 aromatic carbocycles. The number of esters is 1. The molecule has 0 spiro atoms. The predicted octanol–water partition coefficient (Wildman–Crippen LogP) is 0.564. The van der Waals surface area contributed by atoms with Gasteiger partial charge in [0, 0.05) is 38.5 Å². The summed E-state index contributed by atoms with van der Waals surface area (Å²) in [5, 5.41) is 64.5.